The molecule has 0 aliphatic rings. The SMILES string of the molecule is O=C(O)c1ccccc1.[NH4+]. The van der Waals surface area contributed by atoms with Gasteiger partial charge in [0.15, 0.2) is 0 Å². The van der Waals surface area contributed by atoms with Crippen molar-refractivity contribution in [1.82, 2.24) is 6.15 Å². The summed E-state index contributed by atoms with van der Waals surface area (Å²) in [6.45, 7) is 0. The van der Waals surface area contributed by atoms with Crippen LogP contribution in [0.4, 0.5) is 0 Å². The van der Waals surface area contributed by atoms with Crippen molar-refractivity contribution in [3.05, 3.63) is 35.9 Å². The molecule has 0 bridgehead atoms. The second-order valence-electron chi connectivity index (χ2n) is 1.67. The maximum atomic E-state index is 10.2. The molecule has 0 spiro atoms. The monoisotopic (exact) mass is 140 g/mol. The third kappa shape index (κ3) is 1.87. The van der Waals surface area contributed by atoms with Crippen LogP contribution in [-0.2, 0) is 0 Å². The second kappa shape index (κ2) is 3.63. The van der Waals surface area contributed by atoms with Gasteiger partial charge in [-0.05, 0) is 12.1 Å². The van der Waals surface area contributed by atoms with Gasteiger partial charge in [0.25, 0.3) is 0 Å². The molecule has 1 rings (SSSR count). The first-order valence-electron chi connectivity index (χ1n) is 2.59. The minimum absolute atomic E-state index is 0. The molecule has 3 nitrogen and oxygen atoms in total. The van der Waals surface area contributed by atoms with Gasteiger partial charge in [-0.25, -0.2) is 4.79 Å². The van der Waals surface area contributed by atoms with E-state index in [2.05, 4.69) is 0 Å². The molecule has 0 heterocycles. The Morgan fingerprint density at radius 1 is 1.20 bits per heavy atom. The van der Waals surface area contributed by atoms with Gasteiger partial charge in [0.05, 0.1) is 5.56 Å². The van der Waals surface area contributed by atoms with E-state index in [-0.39, 0.29) is 6.15 Å². The standard InChI is InChI=1S/C7H6O2.H3N/c8-7(9)6-4-2-1-3-5-6;/h1-5H,(H,8,9);1H3/p+1. The first-order chi connectivity index (χ1) is 4.30. The first kappa shape index (κ1) is 8.65. The molecule has 10 heavy (non-hydrogen) atoms. The molecule has 0 unspecified atom stereocenters. The molecule has 0 aliphatic heterocycles. The van der Waals surface area contributed by atoms with E-state index in [0.717, 1.165) is 0 Å². The van der Waals surface area contributed by atoms with Crippen LogP contribution in [0.15, 0.2) is 30.3 Å². The van der Waals surface area contributed by atoms with Gasteiger partial charge in [-0.1, -0.05) is 18.2 Å². The number of benzene rings is 1. The third-order valence-electron chi connectivity index (χ3n) is 1.02. The molecule has 3 heteroatoms. The highest BCUT2D eigenvalue weighted by Crippen LogP contribution is 1.96. The highest BCUT2D eigenvalue weighted by molar-refractivity contribution is 5.87. The van der Waals surface area contributed by atoms with E-state index in [0.29, 0.717) is 5.56 Å². The molecule has 1 aromatic rings. The van der Waals surface area contributed by atoms with Crippen molar-refractivity contribution in [3.8, 4) is 0 Å². The van der Waals surface area contributed by atoms with E-state index in [1.165, 1.54) is 0 Å². The molecule has 0 amide bonds. The fourth-order valence-corrected chi connectivity index (χ4v) is 0.581. The maximum absolute atomic E-state index is 10.2. The van der Waals surface area contributed by atoms with Gasteiger partial charge < -0.3 is 11.3 Å². The van der Waals surface area contributed by atoms with Crippen molar-refractivity contribution >= 4 is 5.97 Å². The number of aromatic carboxylic acids is 1. The Kier molecular flexibility index (Phi) is 3.14. The topological polar surface area (TPSA) is 73.8 Å². The lowest BCUT2D eigenvalue weighted by molar-refractivity contribution is 0.0697. The summed E-state index contributed by atoms with van der Waals surface area (Å²) in [7, 11) is 0. The minimum atomic E-state index is -0.879. The van der Waals surface area contributed by atoms with E-state index in [1.807, 2.05) is 0 Å². The number of hydrogen-bond donors (Lipinski definition) is 2. The zero-order valence-corrected chi connectivity index (χ0v) is 5.74. The van der Waals surface area contributed by atoms with Crippen LogP contribution in [0.3, 0.4) is 0 Å². The number of hydrogen-bond acceptors (Lipinski definition) is 1. The summed E-state index contributed by atoms with van der Waals surface area (Å²) in [5, 5.41) is 8.38. The lowest BCUT2D eigenvalue weighted by Gasteiger charge is -1.88. The van der Waals surface area contributed by atoms with E-state index < -0.39 is 5.97 Å². The molecule has 1 aromatic carbocycles. The zero-order valence-electron chi connectivity index (χ0n) is 5.74. The van der Waals surface area contributed by atoms with Crippen molar-refractivity contribution in [2.75, 3.05) is 0 Å². The van der Waals surface area contributed by atoms with Gasteiger partial charge in [-0.3, -0.25) is 0 Å². The summed E-state index contributed by atoms with van der Waals surface area (Å²) in [4.78, 5) is 10.2. The number of carboxylic acids is 1. The predicted octanol–water partition coefficient (Wildman–Crippen LogP) is 1.76. The molecule has 54 valence electrons. The number of carboxylic acid groups (broad SMARTS) is 1. The molecule has 5 N–H and O–H groups in total. The fourth-order valence-electron chi connectivity index (χ4n) is 0.581. The van der Waals surface area contributed by atoms with Crippen LogP contribution in [0.25, 0.3) is 0 Å². The predicted molar refractivity (Wildman–Crippen MR) is 39.4 cm³/mol. The Bertz CT molecular complexity index is 208. The van der Waals surface area contributed by atoms with E-state index in [9.17, 15) is 4.79 Å². The van der Waals surface area contributed by atoms with Gasteiger partial charge >= 0.3 is 5.97 Å². The number of quaternary nitrogens is 1. The summed E-state index contributed by atoms with van der Waals surface area (Å²) in [6.07, 6.45) is 0. The van der Waals surface area contributed by atoms with Crippen LogP contribution in [0.1, 0.15) is 10.4 Å². The van der Waals surface area contributed by atoms with Crippen molar-refractivity contribution in [1.29, 1.82) is 0 Å². The highest BCUT2D eigenvalue weighted by atomic mass is 16.4. The van der Waals surface area contributed by atoms with Crippen molar-refractivity contribution in [2.45, 2.75) is 0 Å². The van der Waals surface area contributed by atoms with Crippen molar-refractivity contribution < 1.29 is 9.90 Å². The smallest absolute Gasteiger partial charge is 0.335 e. The Balaban J connectivity index is 0.000000810. The maximum Gasteiger partial charge on any atom is 0.335 e. The lowest BCUT2D eigenvalue weighted by Crippen LogP contribution is -1.93. The van der Waals surface area contributed by atoms with Crippen LogP contribution in [0.5, 0.6) is 0 Å². The fraction of sp³-hybridized carbons (Fsp3) is 0. The quantitative estimate of drug-likeness (QED) is 0.623. The molecule has 0 saturated carbocycles. The van der Waals surface area contributed by atoms with E-state index >= 15 is 0 Å². The zero-order chi connectivity index (χ0) is 6.69. The summed E-state index contributed by atoms with van der Waals surface area (Å²) in [6, 6.07) is 8.30. The van der Waals surface area contributed by atoms with E-state index in [1.54, 1.807) is 30.3 Å². The molecule has 0 aliphatic carbocycles. The summed E-state index contributed by atoms with van der Waals surface area (Å²) in [5.41, 5.74) is 0.331. The summed E-state index contributed by atoms with van der Waals surface area (Å²) in [5.74, 6) is -0.879. The summed E-state index contributed by atoms with van der Waals surface area (Å²) >= 11 is 0. The molecular weight excluding hydrogens is 130 g/mol. The Morgan fingerprint density at radius 2 is 1.70 bits per heavy atom. The van der Waals surface area contributed by atoms with E-state index in [4.69, 9.17) is 5.11 Å². The number of rotatable bonds is 1. The average Bonchev–Trinajstić information content (AvgIpc) is 1.90. The number of carbonyl (C=O) groups is 1. The second-order valence-corrected chi connectivity index (χ2v) is 1.67. The molecule has 0 radical (unpaired) electrons. The molecule has 0 saturated heterocycles. The molecular formula is C7H10NO2+. The van der Waals surface area contributed by atoms with Gasteiger partial charge in [0.2, 0.25) is 0 Å². The minimum Gasteiger partial charge on any atom is -0.478 e. The van der Waals surface area contributed by atoms with Gasteiger partial charge in [0.1, 0.15) is 0 Å². The highest BCUT2D eigenvalue weighted by Gasteiger charge is 1.96. The molecule has 0 aromatic heterocycles. The Labute approximate surface area is 58.9 Å². The first-order valence-corrected chi connectivity index (χ1v) is 2.59. The Morgan fingerprint density at radius 3 is 2.00 bits per heavy atom. The third-order valence-corrected chi connectivity index (χ3v) is 1.02. The van der Waals surface area contributed by atoms with Gasteiger partial charge in [-0.2, -0.15) is 0 Å². The molecule has 0 atom stereocenters. The normalized spacial score (nSPS) is 8.00. The van der Waals surface area contributed by atoms with Gasteiger partial charge in [0, 0.05) is 0 Å². The van der Waals surface area contributed by atoms with Crippen molar-refractivity contribution in [3.63, 3.8) is 0 Å². The summed E-state index contributed by atoms with van der Waals surface area (Å²) < 4.78 is 0. The van der Waals surface area contributed by atoms with Gasteiger partial charge in [-0.15, -0.1) is 0 Å². The molecule has 0 fully saturated rings. The van der Waals surface area contributed by atoms with Crippen LogP contribution < -0.4 is 6.15 Å². The largest absolute Gasteiger partial charge is 0.478 e. The van der Waals surface area contributed by atoms with Crippen LogP contribution in [-0.4, -0.2) is 11.1 Å². The van der Waals surface area contributed by atoms with Crippen LogP contribution in [0, 0.1) is 0 Å². The Hall–Kier alpha value is -1.35. The van der Waals surface area contributed by atoms with Crippen LogP contribution >= 0.6 is 0 Å². The average molecular weight is 140 g/mol. The lowest BCUT2D eigenvalue weighted by atomic mass is 10.2. The van der Waals surface area contributed by atoms with Crippen molar-refractivity contribution in [2.24, 2.45) is 0 Å². The van der Waals surface area contributed by atoms with Crippen LogP contribution in [0.2, 0.25) is 0 Å².